The van der Waals surface area contributed by atoms with E-state index in [1.54, 1.807) is 37.5 Å². The van der Waals surface area contributed by atoms with Gasteiger partial charge in [0.15, 0.2) is 0 Å². The molecule has 9 rings (SSSR count). The highest BCUT2D eigenvalue weighted by Gasteiger charge is 2.65. The van der Waals surface area contributed by atoms with Crippen LogP contribution in [0.5, 0.6) is 17.2 Å². The number of nitriles is 1. The lowest BCUT2D eigenvalue weighted by Crippen LogP contribution is -2.70. The Balaban J connectivity index is 1.26. The number of rotatable bonds is 18. The summed E-state index contributed by atoms with van der Waals surface area (Å²) in [6.45, 7) is 4.62. The lowest BCUT2D eigenvalue weighted by Gasteiger charge is -2.60. The van der Waals surface area contributed by atoms with E-state index >= 15 is 4.79 Å². The number of benzene rings is 6. The molecule has 6 aromatic carbocycles. The number of oxime groups is 1. The minimum atomic E-state index is -1.47. The second kappa shape index (κ2) is 20.4. The van der Waals surface area contributed by atoms with Crippen LogP contribution in [0, 0.1) is 29.1 Å². The Kier molecular flexibility index (Phi) is 13.8. The fraction of sp³-hybridized carbons (Fsp3) is 0.316. The first-order chi connectivity index (χ1) is 32.9. The number of allylic oxidation sites excluding steroid dienone is 1. The molecule has 0 unspecified atom stereocenters. The molecule has 1 heterocycles. The van der Waals surface area contributed by atoms with Crippen LogP contribution in [-0.4, -0.2) is 65.5 Å². The molecule has 3 aliphatic rings. The number of amides is 1. The third-order valence-electron chi connectivity index (χ3n) is 13.9. The molecule has 0 radical (unpaired) electrons. The van der Waals surface area contributed by atoms with Crippen molar-refractivity contribution >= 4 is 33.2 Å². The van der Waals surface area contributed by atoms with Crippen LogP contribution in [-0.2, 0) is 16.1 Å². The van der Waals surface area contributed by atoms with Crippen LogP contribution in [0.4, 0.5) is 0 Å². The van der Waals surface area contributed by atoms with E-state index in [1.807, 2.05) is 59.5 Å². The third kappa shape index (κ3) is 9.07. The summed E-state index contributed by atoms with van der Waals surface area (Å²) in [4.78, 5) is 23.1. The van der Waals surface area contributed by atoms with E-state index in [0.717, 1.165) is 63.9 Å². The van der Waals surface area contributed by atoms with Gasteiger partial charge in [-0.3, -0.25) is 4.79 Å². The predicted octanol–water partition coefficient (Wildman–Crippen LogP) is 11.3. The Labute approximate surface area is 392 Å². The normalized spacial score (nSPS) is 22.2. The van der Waals surface area contributed by atoms with Gasteiger partial charge in [0.25, 0.3) is 5.91 Å². The largest absolute Gasteiger partial charge is 0.459 e. The first-order valence-corrected chi connectivity index (χ1v) is 23.5. The SMILES string of the molecule is C=CCO[C@@]12Oc3ccc(Oc4ccc5ccccc5c4)cc3[C@H]3[C@H](CCCCO)[C@@H](CCCCO)C=C(C(=NOC)C[C@@H]1N(Cc1cccc4ccccc14)C(=O)c1ccc(C#N)cc1)[C@H]32. The molecule has 0 bridgehead atoms. The summed E-state index contributed by atoms with van der Waals surface area (Å²) in [5.41, 5.74) is 4.43. The average Bonchev–Trinajstić information content (AvgIpc) is 3.36. The highest BCUT2D eigenvalue weighted by Crippen LogP contribution is 2.62. The Hall–Kier alpha value is -6.77. The summed E-state index contributed by atoms with van der Waals surface area (Å²) in [5.74, 6) is -0.354. The summed E-state index contributed by atoms with van der Waals surface area (Å²) in [7, 11) is 1.55. The van der Waals surface area contributed by atoms with Crippen molar-refractivity contribution in [3.63, 3.8) is 0 Å². The fourth-order valence-corrected chi connectivity index (χ4v) is 11.0. The number of carbonyl (C=O) groups is 1. The highest BCUT2D eigenvalue weighted by molar-refractivity contribution is 6.03. The first-order valence-electron chi connectivity index (χ1n) is 23.5. The number of carbonyl (C=O) groups excluding carboxylic acids is 1. The molecule has 342 valence electrons. The number of aliphatic hydroxyl groups is 2. The average molecular weight is 896 g/mol. The van der Waals surface area contributed by atoms with Crippen molar-refractivity contribution in [2.45, 2.75) is 69.2 Å². The van der Waals surface area contributed by atoms with Gasteiger partial charge in [-0.15, -0.1) is 6.58 Å². The van der Waals surface area contributed by atoms with Crippen molar-refractivity contribution in [3.05, 3.63) is 174 Å². The summed E-state index contributed by atoms with van der Waals surface area (Å²) < 4.78 is 21.5. The number of ether oxygens (including phenoxy) is 3. The quantitative estimate of drug-likeness (QED) is 0.0495. The molecule has 1 saturated carbocycles. The molecule has 1 fully saturated rings. The summed E-state index contributed by atoms with van der Waals surface area (Å²) >= 11 is 0. The number of unbranched alkanes of at least 4 members (excludes halogenated alkanes) is 2. The summed E-state index contributed by atoms with van der Waals surface area (Å²) in [6, 6.07) is 42.8. The van der Waals surface area contributed by atoms with Crippen LogP contribution in [0.2, 0.25) is 0 Å². The minimum Gasteiger partial charge on any atom is -0.459 e. The second-order valence-electron chi connectivity index (χ2n) is 17.8. The highest BCUT2D eigenvalue weighted by atomic mass is 16.7. The smallest absolute Gasteiger partial charge is 0.254 e. The molecule has 6 aromatic rings. The van der Waals surface area contributed by atoms with E-state index in [-0.39, 0.29) is 56.4 Å². The molecule has 0 spiro atoms. The van der Waals surface area contributed by atoms with Gasteiger partial charge in [0.05, 0.1) is 29.9 Å². The van der Waals surface area contributed by atoms with Crippen LogP contribution in [0.3, 0.4) is 0 Å². The van der Waals surface area contributed by atoms with Crippen LogP contribution in [0.15, 0.2) is 157 Å². The molecule has 67 heavy (non-hydrogen) atoms. The molecule has 10 nitrogen and oxygen atoms in total. The minimum absolute atomic E-state index is 0.0348. The van der Waals surface area contributed by atoms with Crippen molar-refractivity contribution in [2.75, 3.05) is 26.9 Å². The maximum Gasteiger partial charge on any atom is 0.254 e. The molecule has 1 amide bonds. The van der Waals surface area contributed by atoms with E-state index in [4.69, 9.17) is 24.2 Å². The van der Waals surface area contributed by atoms with Crippen molar-refractivity contribution < 1.29 is 34.1 Å². The van der Waals surface area contributed by atoms with Gasteiger partial charge in [0.2, 0.25) is 5.79 Å². The number of fused-ring (bicyclic) bond motifs is 4. The van der Waals surface area contributed by atoms with Crippen molar-refractivity contribution in [1.82, 2.24) is 4.90 Å². The fourth-order valence-electron chi connectivity index (χ4n) is 11.0. The maximum atomic E-state index is 15.5. The third-order valence-corrected chi connectivity index (χ3v) is 13.9. The second-order valence-corrected chi connectivity index (χ2v) is 17.8. The molecule has 10 heteroatoms. The Morgan fingerprint density at radius 2 is 1.58 bits per heavy atom. The summed E-state index contributed by atoms with van der Waals surface area (Å²) in [6.07, 6.45) is 8.87. The molecular formula is C57H57N3O7. The van der Waals surface area contributed by atoms with Crippen LogP contribution in [0.1, 0.15) is 77.9 Å². The molecule has 0 saturated heterocycles. The van der Waals surface area contributed by atoms with E-state index in [2.05, 4.69) is 67.3 Å². The van der Waals surface area contributed by atoms with Crippen molar-refractivity contribution in [3.8, 4) is 23.3 Å². The maximum absolute atomic E-state index is 15.5. The molecule has 2 N–H and O–H groups in total. The number of hydrogen-bond acceptors (Lipinski definition) is 9. The molecule has 1 aliphatic heterocycles. The van der Waals surface area contributed by atoms with Gasteiger partial charge in [-0.2, -0.15) is 5.26 Å². The molecule has 2 aliphatic carbocycles. The zero-order valence-electron chi connectivity index (χ0n) is 37.9. The number of nitrogens with zero attached hydrogens (tertiary/aromatic N) is 3. The Morgan fingerprint density at radius 1 is 0.866 bits per heavy atom. The van der Waals surface area contributed by atoms with Gasteiger partial charge < -0.3 is 34.2 Å². The first kappa shape index (κ1) is 45.4. The topological polar surface area (TPSA) is 134 Å². The Morgan fingerprint density at radius 3 is 2.34 bits per heavy atom. The predicted molar refractivity (Wildman–Crippen MR) is 261 cm³/mol. The number of aliphatic hydroxyl groups excluding tert-OH is 2. The van der Waals surface area contributed by atoms with Crippen LogP contribution >= 0.6 is 0 Å². The van der Waals surface area contributed by atoms with Crippen LogP contribution in [0.25, 0.3) is 21.5 Å². The van der Waals surface area contributed by atoms with E-state index in [1.165, 1.54) is 0 Å². The lowest BCUT2D eigenvalue weighted by molar-refractivity contribution is -0.255. The Bertz CT molecular complexity index is 2840. The van der Waals surface area contributed by atoms with Gasteiger partial charge in [0, 0.05) is 43.2 Å². The monoisotopic (exact) mass is 895 g/mol. The molecule has 0 aromatic heterocycles. The van der Waals surface area contributed by atoms with Gasteiger partial charge >= 0.3 is 0 Å². The van der Waals surface area contributed by atoms with Gasteiger partial charge in [-0.05, 0) is 125 Å². The van der Waals surface area contributed by atoms with E-state index in [0.29, 0.717) is 46.9 Å². The standard InChI is InChI=1S/C57H57N3O7/c1-3-31-65-57-53(60(56(63)41-23-21-38(36-58)22-24-41)37-44-18-12-17-40-14-6-7-19-47(40)44)35-51(59-64-2)49-33-43(16-8-10-29-61)48(20-9-11-30-62)54(55(49)57)50-34-46(27-28-52(50)67-57)66-45-26-25-39-13-4-5-15-42(39)32-45/h3-7,12-15,17-19,21-28,32-34,43,48,53-55,61-62H,1,8-11,16,20,29-31,35,37H2,2H3/t43-,48+,53-,54+,55+,57+/m0/s1. The molecule has 6 atom stereocenters. The lowest BCUT2D eigenvalue weighted by atomic mass is 9.55. The van der Waals surface area contributed by atoms with Gasteiger partial charge in [-0.25, -0.2) is 0 Å². The van der Waals surface area contributed by atoms with Gasteiger partial charge in [0.1, 0.15) is 30.4 Å². The van der Waals surface area contributed by atoms with E-state index < -0.39 is 17.7 Å². The van der Waals surface area contributed by atoms with E-state index in [9.17, 15) is 15.5 Å². The number of hydrogen-bond donors (Lipinski definition) is 2. The summed E-state index contributed by atoms with van der Waals surface area (Å²) in [5, 5.41) is 38.8. The molecular weight excluding hydrogens is 839 g/mol. The zero-order valence-corrected chi connectivity index (χ0v) is 37.9. The van der Waals surface area contributed by atoms with Crippen molar-refractivity contribution in [2.24, 2.45) is 22.9 Å². The van der Waals surface area contributed by atoms with Crippen LogP contribution < -0.4 is 9.47 Å². The van der Waals surface area contributed by atoms with Crippen molar-refractivity contribution in [1.29, 1.82) is 5.26 Å². The zero-order chi connectivity index (χ0) is 46.3. The van der Waals surface area contributed by atoms with Gasteiger partial charge in [-0.1, -0.05) is 103 Å².